The number of nitro groups is 1. The van der Waals surface area contributed by atoms with Gasteiger partial charge in [0.2, 0.25) is 0 Å². The average molecular weight is 396 g/mol. The molecule has 0 unspecified atom stereocenters. The lowest BCUT2D eigenvalue weighted by Crippen LogP contribution is -2.23. The Morgan fingerprint density at radius 2 is 2.04 bits per heavy atom. The number of hydrogen-bond donors (Lipinski definition) is 1. The number of carbonyl (C=O) groups excluding carboxylic acids is 1. The Labute approximate surface area is 165 Å². The number of aromatic nitrogens is 1. The highest BCUT2D eigenvalue weighted by molar-refractivity contribution is 6.32. The molecule has 0 saturated carbocycles. The number of pyridine rings is 1. The minimum absolute atomic E-state index is 0.0265. The highest BCUT2D eigenvalue weighted by Gasteiger charge is 2.15. The Kier molecular flexibility index (Phi) is 6.04. The lowest BCUT2D eigenvalue weighted by Gasteiger charge is -2.05. The third-order valence-electron chi connectivity index (χ3n) is 3.76. The van der Waals surface area contributed by atoms with Crippen molar-refractivity contribution < 1.29 is 14.5 Å². The van der Waals surface area contributed by atoms with E-state index in [4.69, 9.17) is 16.3 Å². The van der Waals surface area contributed by atoms with Gasteiger partial charge in [-0.2, -0.15) is 0 Å². The molecule has 0 aliphatic heterocycles. The van der Waals surface area contributed by atoms with Crippen molar-refractivity contribution in [3.8, 4) is 17.6 Å². The van der Waals surface area contributed by atoms with Crippen LogP contribution in [-0.2, 0) is 0 Å². The highest BCUT2D eigenvalue weighted by Crippen LogP contribution is 2.25. The van der Waals surface area contributed by atoms with Gasteiger partial charge in [-0.25, -0.2) is 0 Å². The fourth-order valence-corrected chi connectivity index (χ4v) is 2.63. The molecule has 8 heteroatoms. The van der Waals surface area contributed by atoms with Crippen molar-refractivity contribution in [2.75, 3.05) is 13.2 Å². The number of hydrogen-bond acceptors (Lipinski definition) is 5. The largest absolute Gasteiger partial charge is 0.479 e. The summed E-state index contributed by atoms with van der Waals surface area (Å²) in [6.45, 7) is 0.213. The number of amides is 1. The summed E-state index contributed by atoms with van der Waals surface area (Å²) in [5, 5.41) is 14.4. The molecule has 140 valence electrons. The zero-order valence-corrected chi connectivity index (χ0v) is 15.3. The number of nitro benzene ring substituents is 1. The number of nitrogens with zero attached hydrogens (tertiary/aromatic N) is 2. The number of ether oxygens (including phenoxy) is 1. The molecule has 3 aromatic rings. The molecule has 3 rings (SSSR count). The lowest BCUT2D eigenvalue weighted by atomic mass is 10.2. The number of benzene rings is 2. The van der Waals surface area contributed by atoms with Crippen molar-refractivity contribution in [3.05, 3.63) is 75.4 Å². The SMILES string of the molecule is O=C(NCC#CCOc1cccc2cccnc12)c1ccc(Cl)c([N+](=O)[O-])c1. The van der Waals surface area contributed by atoms with E-state index in [-0.39, 0.29) is 29.4 Å². The fraction of sp³-hybridized carbons (Fsp3) is 0.100. The van der Waals surface area contributed by atoms with Gasteiger partial charge in [-0.3, -0.25) is 19.9 Å². The van der Waals surface area contributed by atoms with Crippen LogP contribution in [0.2, 0.25) is 5.02 Å². The Bertz CT molecular complexity index is 1100. The molecule has 0 fully saturated rings. The molecule has 7 nitrogen and oxygen atoms in total. The molecule has 0 saturated heterocycles. The molecule has 1 amide bonds. The number of nitrogens with one attached hydrogen (secondary N) is 1. The van der Waals surface area contributed by atoms with Crippen molar-refractivity contribution in [2.45, 2.75) is 0 Å². The first kappa shape index (κ1) is 19.1. The molecule has 0 aliphatic rings. The topological polar surface area (TPSA) is 94.4 Å². The van der Waals surface area contributed by atoms with Crippen LogP contribution in [0.1, 0.15) is 10.4 Å². The Hall–Kier alpha value is -3.63. The molecular weight excluding hydrogens is 382 g/mol. The number of para-hydroxylation sites is 1. The molecule has 0 aliphatic carbocycles. The predicted octanol–water partition coefficient (Wildman–Crippen LogP) is 3.61. The summed E-state index contributed by atoms with van der Waals surface area (Å²) < 4.78 is 5.63. The smallest absolute Gasteiger partial charge is 0.288 e. The number of carbonyl (C=O) groups is 1. The maximum atomic E-state index is 12.0. The number of halogens is 1. The molecule has 1 heterocycles. The van der Waals surface area contributed by atoms with Gasteiger partial charge in [0, 0.05) is 23.2 Å². The molecule has 1 aromatic heterocycles. The quantitative estimate of drug-likeness (QED) is 0.404. The van der Waals surface area contributed by atoms with E-state index in [9.17, 15) is 14.9 Å². The van der Waals surface area contributed by atoms with Crippen LogP contribution < -0.4 is 10.1 Å². The van der Waals surface area contributed by atoms with Crippen LogP contribution in [0.5, 0.6) is 5.75 Å². The van der Waals surface area contributed by atoms with E-state index < -0.39 is 10.8 Å². The Morgan fingerprint density at radius 3 is 2.86 bits per heavy atom. The number of fused-ring (bicyclic) bond motifs is 1. The molecule has 0 spiro atoms. The maximum absolute atomic E-state index is 12.0. The predicted molar refractivity (Wildman–Crippen MR) is 105 cm³/mol. The minimum atomic E-state index is -0.640. The van der Waals surface area contributed by atoms with Crippen LogP contribution in [0.15, 0.2) is 54.7 Å². The van der Waals surface area contributed by atoms with Crippen molar-refractivity contribution in [1.82, 2.24) is 10.3 Å². The molecule has 2 aromatic carbocycles. The minimum Gasteiger partial charge on any atom is -0.479 e. The van der Waals surface area contributed by atoms with Gasteiger partial charge in [-0.05, 0) is 24.3 Å². The van der Waals surface area contributed by atoms with Gasteiger partial charge in [0.25, 0.3) is 11.6 Å². The van der Waals surface area contributed by atoms with Crippen LogP contribution in [0.3, 0.4) is 0 Å². The summed E-state index contributed by atoms with van der Waals surface area (Å²) in [5.41, 5.74) is 0.568. The third kappa shape index (κ3) is 4.55. The monoisotopic (exact) mass is 395 g/mol. The highest BCUT2D eigenvalue weighted by atomic mass is 35.5. The van der Waals surface area contributed by atoms with E-state index >= 15 is 0 Å². The second-order valence-electron chi connectivity index (χ2n) is 5.58. The standard InChI is InChI=1S/C20H14ClN3O4/c21-16-9-8-15(13-17(16)24(26)27)20(25)23-10-1-2-12-28-18-7-3-5-14-6-4-11-22-19(14)18/h3-9,11,13H,10,12H2,(H,23,25). The second kappa shape index (κ2) is 8.84. The van der Waals surface area contributed by atoms with Crippen LogP contribution in [0, 0.1) is 22.0 Å². The molecule has 0 bridgehead atoms. The van der Waals surface area contributed by atoms with Gasteiger partial charge in [0.15, 0.2) is 0 Å². The summed E-state index contributed by atoms with van der Waals surface area (Å²) >= 11 is 5.73. The van der Waals surface area contributed by atoms with E-state index in [1.54, 1.807) is 6.20 Å². The van der Waals surface area contributed by atoms with Gasteiger partial charge in [-0.1, -0.05) is 41.6 Å². The van der Waals surface area contributed by atoms with E-state index in [2.05, 4.69) is 22.1 Å². The molecule has 0 atom stereocenters. The van der Waals surface area contributed by atoms with Crippen molar-refractivity contribution in [3.63, 3.8) is 0 Å². The van der Waals surface area contributed by atoms with E-state index in [0.717, 1.165) is 17.0 Å². The van der Waals surface area contributed by atoms with Gasteiger partial charge in [-0.15, -0.1) is 0 Å². The van der Waals surface area contributed by atoms with Gasteiger partial charge in [0.1, 0.15) is 22.9 Å². The van der Waals surface area contributed by atoms with E-state index in [0.29, 0.717) is 5.75 Å². The number of rotatable bonds is 5. The average Bonchev–Trinajstić information content (AvgIpc) is 2.70. The lowest BCUT2D eigenvalue weighted by molar-refractivity contribution is -0.384. The molecule has 1 N–H and O–H groups in total. The Morgan fingerprint density at radius 1 is 1.21 bits per heavy atom. The van der Waals surface area contributed by atoms with Crippen LogP contribution >= 0.6 is 11.6 Å². The normalized spacial score (nSPS) is 10.0. The van der Waals surface area contributed by atoms with Crippen molar-refractivity contribution in [1.29, 1.82) is 0 Å². The molecular formula is C20H14ClN3O4. The summed E-state index contributed by atoms with van der Waals surface area (Å²) in [7, 11) is 0. The fourth-order valence-electron chi connectivity index (χ4n) is 2.44. The zero-order chi connectivity index (χ0) is 19.9. The summed E-state index contributed by atoms with van der Waals surface area (Å²) in [6.07, 6.45) is 1.69. The van der Waals surface area contributed by atoms with E-state index in [1.165, 1.54) is 12.1 Å². The van der Waals surface area contributed by atoms with E-state index in [1.807, 2.05) is 30.3 Å². The second-order valence-corrected chi connectivity index (χ2v) is 5.99. The summed E-state index contributed by atoms with van der Waals surface area (Å²) in [4.78, 5) is 26.6. The maximum Gasteiger partial charge on any atom is 0.288 e. The summed E-state index contributed by atoms with van der Waals surface area (Å²) in [5.74, 6) is 5.72. The zero-order valence-electron chi connectivity index (χ0n) is 14.5. The molecule has 0 radical (unpaired) electrons. The van der Waals surface area contributed by atoms with Gasteiger partial charge in [0.05, 0.1) is 11.5 Å². The first-order valence-corrected chi connectivity index (χ1v) is 8.58. The molecule has 28 heavy (non-hydrogen) atoms. The van der Waals surface area contributed by atoms with Crippen molar-refractivity contribution >= 4 is 34.1 Å². The first-order valence-electron chi connectivity index (χ1n) is 8.20. The van der Waals surface area contributed by atoms with Gasteiger partial charge < -0.3 is 10.1 Å². The van der Waals surface area contributed by atoms with Gasteiger partial charge >= 0.3 is 0 Å². The summed E-state index contributed by atoms with van der Waals surface area (Å²) in [6, 6.07) is 13.3. The van der Waals surface area contributed by atoms with Crippen molar-refractivity contribution in [2.24, 2.45) is 0 Å². The Balaban J connectivity index is 1.53. The van der Waals surface area contributed by atoms with Crippen LogP contribution in [0.25, 0.3) is 10.9 Å². The van der Waals surface area contributed by atoms with Crippen LogP contribution in [0.4, 0.5) is 5.69 Å². The third-order valence-corrected chi connectivity index (χ3v) is 4.08. The van der Waals surface area contributed by atoms with Crippen LogP contribution in [-0.4, -0.2) is 29.0 Å². The first-order chi connectivity index (χ1) is 13.6.